The summed E-state index contributed by atoms with van der Waals surface area (Å²) in [5, 5.41) is 0. The highest BCUT2D eigenvalue weighted by atomic mass is 32.2. The molecule has 0 radical (unpaired) electrons. The first kappa shape index (κ1) is 26.5. The summed E-state index contributed by atoms with van der Waals surface area (Å²) in [6.07, 6.45) is 3.68. The summed E-state index contributed by atoms with van der Waals surface area (Å²) in [5.41, 5.74) is 12.7. The fraction of sp³-hybridized carbons (Fsp3) is 0. The molecule has 3 aliphatic rings. The number of fused-ring (bicyclic) bond motifs is 7. The molecule has 220 valence electrons. The number of hydrogen-bond acceptors (Lipinski definition) is 5. The van der Waals surface area contributed by atoms with Gasteiger partial charge in [-0.15, -0.1) is 0 Å². The van der Waals surface area contributed by atoms with Gasteiger partial charge < -0.3 is 14.5 Å². The van der Waals surface area contributed by atoms with Gasteiger partial charge in [0.1, 0.15) is 0 Å². The molecule has 0 saturated carbocycles. The Balaban J connectivity index is 1.26. The van der Waals surface area contributed by atoms with Crippen LogP contribution in [-0.4, -0.2) is 11.7 Å². The molecule has 0 aliphatic carbocycles. The highest BCUT2D eigenvalue weighted by Crippen LogP contribution is 2.57. The lowest BCUT2D eigenvalue weighted by Crippen LogP contribution is -2.60. The maximum absolute atomic E-state index is 7.05. The molecule has 1 aromatic heterocycles. The lowest BCUT2D eigenvalue weighted by atomic mass is 9.35. The Morgan fingerprint density at radius 2 is 1.19 bits per heavy atom. The van der Waals surface area contributed by atoms with E-state index in [1.807, 2.05) is 36.3 Å². The van der Waals surface area contributed by atoms with Crippen molar-refractivity contribution in [3.8, 4) is 22.6 Å². The molecule has 0 N–H and O–H groups in total. The van der Waals surface area contributed by atoms with Crippen LogP contribution in [-0.2, 0) is 0 Å². The van der Waals surface area contributed by atoms with Crippen LogP contribution >= 0.6 is 11.8 Å². The van der Waals surface area contributed by atoms with Crippen molar-refractivity contribution in [2.75, 3.05) is 9.80 Å². The second kappa shape index (κ2) is 10.4. The zero-order valence-electron chi connectivity index (χ0n) is 25.2. The van der Waals surface area contributed by atoms with Gasteiger partial charge in [0.2, 0.25) is 6.71 Å². The third-order valence-electron chi connectivity index (χ3n) is 9.40. The molecule has 0 unspecified atom stereocenters. The molecule has 0 fully saturated rings. The quantitative estimate of drug-likeness (QED) is 0.184. The summed E-state index contributed by atoms with van der Waals surface area (Å²) in [6.45, 7) is 0.0905. The van der Waals surface area contributed by atoms with E-state index in [0.717, 1.165) is 51.1 Å². The van der Waals surface area contributed by atoms with Crippen LogP contribution in [0.1, 0.15) is 0 Å². The largest absolute Gasteiger partial charge is 0.451 e. The molecule has 6 heteroatoms. The zero-order chi connectivity index (χ0) is 30.9. The normalized spacial score (nSPS) is 13.5. The Hall–Kier alpha value is -5.72. The van der Waals surface area contributed by atoms with E-state index >= 15 is 0 Å². The lowest BCUT2D eigenvalue weighted by molar-refractivity contribution is 0.478. The Labute approximate surface area is 278 Å². The monoisotopic (exact) mass is 619 g/mol. The summed E-state index contributed by atoms with van der Waals surface area (Å²) >= 11 is 1.86. The minimum Gasteiger partial charge on any atom is -0.451 e. The first-order valence-electron chi connectivity index (χ1n) is 15.8. The van der Waals surface area contributed by atoms with Crippen molar-refractivity contribution in [1.82, 2.24) is 4.98 Å². The Bertz CT molecular complexity index is 2330. The summed E-state index contributed by atoms with van der Waals surface area (Å²) in [7, 11) is 0. The number of pyridine rings is 1. The van der Waals surface area contributed by atoms with Crippen molar-refractivity contribution < 1.29 is 4.74 Å². The van der Waals surface area contributed by atoms with Crippen molar-refractivity contribution in [2.24, 2.45) is 0 Å². The molecular weight excluding hydrogens is 593 g/mol. The maximum atomic E-state index is 7.05. The number of nitrogens with zero attached hydrogens (tertiary/aromatic N) is 3. The summed E-state index contributed by atoms with van der Waals surface area (Å²) in [4.78, 5) is 11.5. The van der Waals surface area contributed by atoms with E-state index in [0.29, 0.717) is 0 Å². The molecule has 0 spiro atoms. The fourth-order valence-electron chi connectivity index (χ4n) is 7.38. The topological polar surface area (TPSA) is 28.6 Å². The van der Waals surface area contributed by atoms with Crippen LogP contribution < -0.4 is 30.9 Å². The van der Waals surface area contributed by atoms with Crippen LogP contribution in [0.15, 0.2) is 168 Å². The number of anilines is 6. The smallest absolute Gasteiger partial charge is 0.249 e. The number of benzene rings is 6. The first-order valence-corrected chi connectivity index (χ1v) is 16.6. The number of ether oxygens (including phenoxy) is 1. The molecule has 47 heavy (non-hydrogen) atoms. The molecule has 6 aromatic carbocycles. The van der Waals surface area contributed by atoms with Crippen molar-refractivity contribution in [1.29, 1.82) is 0 Å². The van der Waals surface area contributed by atoms with Gasteiger partial charge in [-0.1, -0.05) is 96.1 Å². The van der Waals surface area contributed by atoms with Gasteiger partial charge in [-0.3, -0.25) is 4.98 Å². The molecule has 0 amide bonds. The predicted octanol–water partition coefficient (Wildman–Crippen LogP) is 9.09. The molecule has 0 bridgehead atoms. The van der Waals surface area contributed by atoms with Crippen LogP contribution in [0.5, 0.6) is 11.5 Å². The van der Waals surface area contributed by atoms with Gasteiger partial charge >= 0.3 is 0 Å². The van der Waals surface area contributed by atoms with E-state index in [9.17, 15) is 0 Å². The van der Waals surface area contributed by atoms with E-state index in [-0.39, 0.29) is 6.71 Å². The molecule has 0 saturated heterocycles. The lowest BCUT2D eigenvalue weighted by Gasteiger charge is -2.43. The van der Waals surface area contributed by atoms with Crippen LogP contribution in [0, 0.1) is 0 Å². The SMILES string of the molecule is c1ccc(N2c3ccccc3B3c4ccccc4Sc4cc5c(c2c43)Oc2ccccc2N5c2ccc(-c3ccncc3)cc2)cc1. The molecule has 4 nitrogen and oxygen atoms in total. The predicted molar refractivity (Wildman–Crippen MR) is 194 cm³/mol. The zero-order valence-corrected chi connectivity index (χ0v) is 26.1. The van der Waals surface area contributed by atoms with Crippen molar-refractivity contribution in [3.63, 3.8) is 0 Å². The summed E-state index contributed by atoms with van der Waals surface area (Å²) in [6, 6.07) is 52.0. The molecule has 0 atom stereocenters. The van der Waals surface area contributed by atoms with Crippen molar-refractivity contribution in [2.45, 2.75) is 9.79 Å². The van der Waals surface area contributed by atoms with Gasteiger partial charge in [-0.25, -0.2) is 0 Å². The minimum absolute atomic E-state index is 0.0905. The highest BCUT2D eigenvalue weighted by Gasteiger charge is 2.44. The fourth-order valence-corrected chi connectivity index (χ4v) is 8.57. The Kier molecular flexibility index (Phi) is 5.87. The first-order chi connectivity index (χ1) is 23.3. The van der Waals surface area contributed by atoms with E-state index in [4.69, 9.17) is 4.74 Å². The standard InChI is InChI=1S/C41H26BN3OS/c1-2-10-29(11-3-1)45-33-14-6-4-12-31(33)42-32-13-5-9-17-37(32)47-38-26-35-41(40(45)39(38)42)46-36-16-8-7-15-34(36)44(35)30-20-18-27(19-21-30)28-22-24-43-25-23-28/h1-26H. The Morgan fingerprint density at radius 3 is 2.02 bits per heavy atom. The van der Waals surface area contributed by atoms with Crippen LogP contribution in [0.2, 0.25) is 0 Å². The van der Waals surface area contributed by atoms with Gasteiger partial charge in [0.25, 0.3) is 0 Å². The second-order valence-electron chi connectivity index (χ2n) is 12.0. The van der Waals surface area contributed by atoms with E-state index < -0.39 is 0 Å². The van der Waals surface area contributed by atoms with Crippen LogP contribution in [0.4, 0.5) is 34.1 Å². The number of hydrogen-bond donors (Lipinski definition) is 0. The van der Waals surface area contributed by atoms with Gasteiger partial charge in [0.05, 0.1) is 17.1 Å². The number of aromatic nitrogens is 1. The van der Waals surface area contributed by atoms with E-state index in [1.54, 1.807) is 0 Å². The van der Waals surface area contributed by atoms with Gasteiger partial charge in [-0.05, 0) is 88.8 Å². The third-order valence-corrected chi connectivity index (χ3v) is 10.5. The molecular formula is C41H26BN3OS. The van der Waals surface area contributed by atoms with Gasteiger partial charge in [0.15, 0.2) is 11.5 Å². The molecule has 7 aromatic rings. The average Bonchev–Trinajstić information content (AvgIpc) is 3.14. The number of rotatable bonds is 3. The maximum Gasteiger partial charge on any atom is 0.249 e. The van der Waals surface area contributed by atoms with Gasteiger partial charge in [0, 0.05) is 39.2 Å². The summed E-state index contributed by atoms with van der Waals surface area (Å²) < 4.78 is 7.05. The summed E-state index contributed by atoms with van der Waals surface area (Å²) in [5.74, 6) is 1.70. The van der Waals surface area contributed by atoms with Crippen LogP contribution in [0.3, 0.4) is 0 Å². The molecule has 3 aliphatic heterocycles. The minimum atomic E-state index is 0.0905. The van der Waals surface area contributed by atoms with Crippen molar-refractivity contribution in [3.05, 3.63) is 158 Å². The van der Waals surface area contributed by atoms with E-state index in [2.05, 4.69) is 148 Å². The number of para-hydroxylation sites is 4. The van der Waals surface area contributed by atoms with Crippen LogP contribution in [0.25, 0.3) is 11.1 Å². The third kappa shape index (κ3) is 4.01. The second-order valence-corrected chi connectivity index (χ2v) is 13.1. The molecule has 4 heterocycles. The Morgan fingerprint density at radius 1 is 0.532 bits per heavy atom. The highest BCUT2D eigenvalue weighted by molar-refractivity contribution is 8.00. The molecule has 10 rings (SSSR count). The van der Waals surface area contributed by atoms with Crippen molar-refractivity contribution >= 4 is 69.0 Å². The average molecular weight is 620 g/mol. The van der Waals surface area contributed by atoms with E-state index in [1.165, 1.54) is 31.9 Å². The van der Waals surface area contributed by atoms with Gasteiger partial charge in [-0.2, -0.15) is 0 Å².